The first kappa shape index (κ1) is 16.6. The van der Waals surface area contributed by atoms with Gasteiger partial charge < -0.3 is 9.64 Å². The zero-order chi connectivity index (χ0) is 18.0. The minimum Gasteiger partial charge on any atom is -0.365 e. The molecule has 0 N–H and O–H groups in total. The van der Waals surface area contributed by atoms with Gasteiger partial charge in [-0.2, -0.15) is 5.26 Å². The monoisotopic (exact) mass is 344 g/mol. The molecular formula is C22H20N2O2. The third-order valence-electron chi connectivity index (χ3n) is 5.35. The third-order valence-corrected chi connectivity index (χ3v) is 5.35. The van der Waals surface area contributed by atoms with Gasteiger partial charge in [0.2, 0.25) is 5.91 Å². The minimum absolute atomic E-state index is 0.0236. The molecule has 0 atom stereocenters. The summed E-state index contributed by atoms with van der Waals surface area (Å²) in [4.78, 5) is 14.4. The van der Waals surface area contributed by atoms with Crippen molar-refractivity contribution >= 4 is 12.0 Å². The van der Waals surface area contributed by atoms with Gasteiger partial charge in [0.15, 0.2) is 0 Å². The molecule has 1 saturated heterocycles. The predicted octanol–water partition coefficient (Wildman–Crippen LogP) is 3.62. The molecular weight excluding hydrogens is 324 g/mol. The van der Waals surface area contributed by atoms with E-state index >= 15 is 0 Å². The Kier molecular flexibility index (Phi) is 4.32. The summed E-state index contributed by atoms with van der Waals surface area (Å²) in [5, 5.41) is 8.83. The van der Waals surface area contributed by atoms with Crippen LogP contribution in [0.4, 0.5) is 0 Å². The lowest BCUT2D eigenvalue weighted by molar-refractivity contribution is -0.133. The SMILES string of the molecule is N#Cc1ccc(C=CC(=O)N2CCC3(CC2)OCc2ccccc23)cc1. The first-order valence-corrected chi connectivity index (χ1v) is 8.90. The molecule has 2 aliphatic rings. The Morgan fingerprint density at radius 3 is 2.58 bits per heavy atom. The molecule has 1 fully saturated rings. The van der Waals surface area contributed by atoms with Crippen LogP contribution >= 0.6 is 0 Å². The van der Waals surface area contributed by atoms with E-state index in [-0.39, 0.29) is 11.5 Å². The van der Waals surface area contributed by atoms with Crippen molar-refractivity contribution in [2.45, 2.75) is 25.0 Å². The number of carbonyl (C=O) groups excluding carboxylic acids is 1. The number of hydrogen-bond acceptors (Lipinski definition) is 3. The van der Waals surface area contributed by atoms with Gasteiger partial charge in [0, 0.05) is 19.2 Å². The van der Waals surface area contributed by atoms with Crippen molar-refractivity contribution < 1.29 is 9.53 Å². The molecule has 0 aromatic heterocycles. The number of fused-ring (bicyclic) bond motifs is 2. The van der Waals surface area contributed by atoms with Crippen LogP contribution in [0.2, 0.25) is 0 Å². The third kappa shape index (κ3) is 3.02. The van der Waals surface area contributed by atoms with Gasteiger partial charge in [-0.05, 0) is 47.7 Å². The fraction of sp³-hybridized carbons (Fsp3) is 0.273. The van der Waals surface area contributed by atoms with Crippen LogP contribution in [0, 0.1) is 11.3 Å². The molecule has 0 saturated carbocycles. The number of carbonyl (C=O) groups is 1. The molecule has 2 heterocycles. The highest BCUT2D eigenvalue weighted by Gasteiger charge is 2.42. The average Bonchev–Trinajstić information content (AvgIpc) is 3.05. The van der Waals surface area contributed by atoms with Crippen LogP contribution in [0.3, 0.4) is 0 Å². The van der Waals surface area contributed by atoms with Gasteiger partial charge in [-0.1, -0.05) is 36.4 Å². The summed E-state index contributed by atoms with van der Waals surface area (Å²) in [7, 11) is 0. The van der Waals surface area contributed by atoms with E-state index in [4.69, 9.17) is 10.00 Å². The second-order valence-electron chi connectivity index (χ2n) is 6.83. The van der Waals surface area contributed by atoms with Gasteiger partial charge in [0.25, 0.3) is 0 Å². The van der Waals surface area contributed by atoms with Gasteiger partial charge in [-0.25, -0.2) is 0 Å². The molecule has 2 aromatic carbocycles. The van der Waals surface area contributed by atoms with Gasteiger partial charge in [-0.15, -0.1) is 0 Å². The first-order valence-electron chi connectivity index (χ1n) is 8.90. The molecule has 4 rings (SSSR count). The molecule has 0 bridgehead atoms. The van der Waals surface area contributed by atoms with Gasteiger partial charge in [0.05, 0.1) is 23.8 Å². The van der Waals surface area contributed by atoms with E-state index < -0.39 is 0 Å². The van der Waals surface area contributed by atoms with Crippen molar-refractivity contribution in [3.05, 3.63) is 76.9 Å². The van der Waals surface area contributed by atoms with Crippen LogP contribution in [-0.4, -0.2) is 23.9 Å². The number of nitriles is 1. The maximum atomic E-state index is 12.5. The zero-order valence-electron chi connectivity index (χ0n) is 14.5. The van der Waals surface area contributed by atoms with Gasteiger partial charge in [0.1, 0.15) is 0 Å². The van der Waals surface area contributed by atoms with Gasteiger partial charge in [-0.3, -0.25) is 4.79 Å². The van der Waals surface area contributed by atoms with E-state index in [1.54, 1.807) is 24.3 Å². The van der Waals surface area contributed by atoms with E-state index in [9.17, 15) is 4.79 Å². The summed E-state index contributed by atoms with van der Waals surface area (Å²) in [5.41, 5.74) is 3.88. The van der Waals surface area contributed by atoms with Crippen molar-refractivity contribution in [1.82, 2.24) is 4.90 Å². The van der Waals surface area contributed by atoms with Crippen LogP contribution in [0.15, 0.2) is 54.6 Å². The molecule has 0 aliphatic carbocycles. The number of nitrogens with zero attached hydrogens (tertiary/aromatic N) is 2. The fourth-order valence-corrected chi connectivity index (χ4v) is 3.83. The summed E-state index contributed by atoms with van der Waals surface area (Å²) < 4.78 is 6.15. The number of likely N-dealkylation sites (tertiary alicyclic amines) is 1. The Labute approximate surface area is 153 Å². The Hall–Kier alpha value is -2.90. The fourth-order valence-electron chi connectivity index (χ4n) is 3.83. The number of rotatable bonds is 2. The molecule has 0 radical (unpaired) electrons. The maximum absolute atomic E-state index is 12.5. The Morgan fingerprint density at radius 2 is 1.85 bits per heavy atom. The van der Waals surface area contributed by atoms with Crippen molar-refractivity contribution in [2.24, 2.45) is 0 Å². The van der Waals surface area contributed by atoms with E-state index in [0.29, 0.717) is 25.3 Å². The van der Waals surface area contributed by atoms with Crippen LogP contribution < -0.4 is 0 Å². The highest BCUT2D eigenvalue weighted by atomic mass is 16.5. The van der Waals surface area contributed by atoms with Crippen LogP contribution in [-0.2, 0) is 21.7 Å². The molecule has 1 spiro atoms. The number of benzene rings is 2. The minimum atomic E-state index is -0.218. The van der Waals surface area contributed by atoms with Crippen LogP contribution in [0.1, 0.15) is 35.1 Å². The molecule has 4 heteroatoms. The average molecular weight is 344 g/mol. The number of hydrogen-bond donors (Lipinski definition) is 0. The quantitative estimate of drug-likeness (QED) is 0.782. The Balaban J connectivity index is 1.40. The molecule has 2 aliphatic heterocycles. The van der Waals surface area contributed by atoms with Crippen molar-refractivity contribution in [1.29, 1.82) is 5.26 Å². The normalized spacial score (nSPS) is 18.0. The second kappa shape index (κ2) is 6.78. The van der Waals surface area contributed by atoms with Crippen LogP contribution in [0.5, 0.6) is 0 Å². The Bertz CT molecular complexity index is 885. The first-order chi connectivity index (χ1) is 12.7. The molecule has 1 amide bonds. The molecule has 2 aromatic rings. The lowest BCUT2D eigenvalue weighted by Gasteiger charge is -2.39. The zero-order valence-corrected chi connectivity index (χ0v) is 14.5. The number of ether oxygens (including phenoxy) is 1. The molecule has 4 nitrogen and oxygen atoms in total. The number of piperidine rings is 1. The summed E-state index contributed by atoms with van der Waals surface area (Å²) in [6.07, 6.45) is 5.08. The maximum Gasteiger partial charge on any atom is 0.246 e. The molecule has 26 heavy (non-hydrogen) atoms. The van der Waals surface area contributed by atoms with Crippen molar-refractivity contribution in [2.75, 3.05) is 13.1 Å². The highest BCUT2D eigenvalue weighted by molar-refractivity contribution is 5.91. The van der Waals surface area contributed by atoms with E-state index in [2.05, 4.69) is 24.3 Å². The standard InChI is InChI=1S/C22H20N2O2/c23-15-18-7-5-17(6-8-18)9-10-21(25)24-13-11-22(12-14-24)20-4-2-1-3-19(20)16-26-22/h1-10H,11-14,16H2. The number of amides is 1. The second-order valence-corrected chi connectivity index (χ2v) is 6.83. The van der Waals surface area contributed by atoms with Crippen molar-refractivity contribution in [3.63, 3.8) is 0 Å². The van der Waals surface area contributed by atoms with Gasteiger partial charge >= 0.3 is 0 Å². The highest BCUT2D eigenvalue weighted by Crippen LogP contribution is 2.43. The van der Waals surface area contributed by atoms with Crippen molar-refractivity contribution in [3.8, 4) is 6.07 Å². The molecule has 0 unspecified atom stereocenters. The largest absolute Gasteiger partial charge is 0.365 e. The summed E-state index contributed by atoms with van der Waals surface area (Å²) >= 11 is 0. The van der Waals surface area contributed by atoms with E-state index in [1.807, 2.05) is 23.1 Å². The lowest BCUT2D eigenvalue weighted by Crippen LogP contribution is -2.44. The van der Waals surface area contributed by atoms with E-state index in [0.717, 1.165) is 18.4 Å². The summed E-state index contributed by atoms with van der Waals surface area (Å²) in [6.45, 7) is 2.07. The predicted molar refractivity (Wildman–Crippen MR) is 98.9 cm³/mol. The summed E-state index contributed by atoms with van der Waals surface area (Å²) in [5.74, 6) is 0.0236. The Morgan fingerprint density at radius 1 is 1.12 bits per heavy atom. The lowest BCUT2D eigenvalue weighted by atomic mass is 9.84. The summed E-state index contributed by atoms with van der Waals surface area (Å²) in [6, 6.07) is 17.7. The molecule has 130 valence electrons. The topological polar surface area (TPSA) is 53.3 Å². The smallest absolute Gasteiger partial charge is 0.246 e. The van der Waals surface area contributed by atoms with E-state index in [1.165, 1.54) is 11.1 Å². The van der Waals surface area contributed by atoms with Crippen LogP contribution in [0.25, 0.3) is 6.08 Å².